The number of nitrogens with zero attached hydrogens (tertiary/aromatic N) is 2. The number of amides is 2. The molecule has 2 amide bonds. The van der Waals surface area contributed by atoms with Crippen LogP contribution < -0.4 is 4.90 Å². The number of carbonyl (C=O) groups is 3. The highest BCUT2D eigenvalue weighted by Gasteiger charge is 2.30. The van der Waals surface area contributed by atoms with Gasteiger partial charge in [-0.2, -0.15) is 0 Å². The molecule has 2 aromatic rings. The van der Waals surface area contributed by atoms with Crippen LogP contribution in [0.2, 0.25) is 5.02 Å². The molecule has 8 nitrogen and oxygen atoms in total. The number of hydrogen-bond donors (Lipinski definition) is 0. The first-order chi connectivity index (χ1) is 13.3. The zero-order chi connectivity index (χ0) is 20.3. The molecule has 0 saturated carbocycles. The molecule has 0 unspecified atom stereocenters. The first-order valence-corrected chi connectivity index (χ1v) is 10.3. The lowest BCUT2D eigenvalue weighted by Crippen LogP contribution is -2.28. The number of halogens is 1. The second-order valence-corrected chi connectivity index (χ2v) is 8.44. The Morgan fingerprint density at radius 1 is 1.14 bits per heavy atom. The molecule has 1 aliphatic heterocycles. The highest BCUT2D eigenvalue weighted by molar-refractivity contribution is 7.91. The summed E-state index contributed by atoms with van der Waals surface area (Å²) in [7, 11) is -3.82. The topological polar surface area (TPSA) is 111 Å². The maximum absolute atomic E-state index is 12.3. The van der Waals surface area contributed by atoms with E-state index >= 15 is 0 Å². The van der Waals surface area contributed by atoms with Gasteiger partial charge in [0, 0.05) is 17.9 Å². The molecule has 0 N–H and O–H groups in total. The summed E-state index contributed by atoms with van der Waals surface area (Å²) in [5.74, 6) is -1.86. The van der Waals surface area contributed by atoms with Crippen molar-refractivity contribution < 1.29 is 27.5 Å². The number of pyridine rings is 1. The van der Waals surface area contributed by atoms with E-state index in [2.05, 4.69) is 4.98 Å². The number of sulfone groups is 1. The zero-order valence-corrected chi connectivity index (χ0v) is 16.1. The van der Waals surface area contributed by atoms with Crippen molar-refractivity contribution >= 4 is 44.9 Å². The molecule has 1 saturated heterocycles. The van der Waals surface area contributed by atoms with Gasteiger partial charge in [0.15, 0.2) is 14.9 Å². The highest BCUT2D eigenvalue weighted by atomic mass is 35.5. The molecular formula is C18H15ClN2O6S. The lowest BCUT2D eigenvalue weighted by atomic mass is 10.2. The van der Waals surface area contributed by atoms with Crippen LogP contribution in [0.3, 0.4) is 0 Å². The molecule has 0 bridgehead atoms. The van der Waals surface area contributed by atoms with Crippen LogP contribution in [0.5, 0.6) is 0 Å². The van der Waals surface area contributed by atoms with Crippen molar-refractivity contribution in [1.82, 2.24) is 4.98 Å². The molecule has 0 radical (unpaired) electrons. The van der Waals surface area contributed by atoms with E-state index in [4.69, 9.17) is 16.3 Å². The highest BCUT2D eigenvalue weighted by Crippen LogP contribution is 2.22. The Balaban J connectivity index is 1.62. The number of benzene rings is 1. The number of hydrogen-bond acceptors (Lipinski definition) is 7. The fourth-order valence-corrected chi connectivity index (χ4v) is 3.79. The fraction of sp³-hybridized carbons (Fsp3) is 0.222. The van der Waals surface area contributed by atoms with Crippen LogP contribution in [0, 0.1) is 0 Å². The van der Waals surface area contributed by atoms with Gasteiger partial charge in [0.05, 0.1) is 23.2 Å². The average Bonchev–Trinajstić information content (AvgIpc) is 3.00. The molecule has 1 fully saturated rings. The SMILES string of the molecule is O=C(OCCS(=O)(=O)c1ccc(N2C(=O)CCC2=O)cn1)c1cccc(Cl)c1. The van der Waals surface area contributed by atoms with E-state index in [0.29, 0.717) is 5.02 Å². The Labute approximate surface area is 166 Å². The first kappa shape index (κ1) is 20.0. The van der Waals surface area contributed by atoms with E-state index in [1.54, 1.807) is 12.1 Å². The van der Waals surface area contributed by atoms with Crippen molar-refractivity contribution in [2.45, 2.75) is 17.9 Å². The number of aromatic nitrogens is 1. The lowest BCUT2D eigenvalue weighted by Gasteiger charge is -2.13. The van der Waals surface area contributed by atoms with Gasteiger partial charge in [-0.3, -0.25) is 9.59 Å². The number of esters is 1. The Bertz CT molecular complexity index is 1020. The standard InChI is InChI=1S/C18H15ClN2O6S/c19-13-3-1-2-12(10-13)18(24)27-8-9-28(25,26)15-5-4-14(11-20-15)21-16(22)6-7-17(21)23/h1-5,10-11H,6-9H2. The van der Waals surface area contributed by atoms with Crippen molar-refractivity contribution in [3.63, 3.8) is 0 Å². The lowest BCUT2D eigenvalue weighted by molar-refractivity contribution is -0.121. The summed E-state index contributed by atoms with van der Waals surface area (Å²) in [6, 6.07) is 8.66. The summed E-state index contributed by atoms with van der Waals surface area (Å²) in [4.78, 5) is 40.2. The number of carbonyl (C=O) groups excluding carboxylic acids is 3. The molecule has 10 heteroatoms. The molecular weight excluding hydrogens is 408 g/mol. The Hall–Kier alpha value is -2.78. The van der Waals surface area contributed by atoms with Crippen LogP contribution in [-0.2, 0) is 24.2 Å². The molecule has 1 aromatic heterocycles. The van der Waals surface area contributed by atoms with Gasteiger partial charge >= 0.3 is 5.97 Å². The van der Waals surface area contributed by atoms with Crippen LogP contribution in [0.25, 0.3) is 0 Å². The summed E-state index contributed by atoms with van der Waals surface area (Å²) in [5.41, 5.74) is 0.436. The third-order valence-electron chi connectivity index (χ3n) is 3.99. The van der Waals surface area contributed by atoms with Crippen LogP contribution in [0.4, 0.5) is 5.69 Å². The van der Waals surface area contributed by atoms with Crippen molar-refractivity contribution in [3.05, 3.63) is 53.2 Å². The second-order valence-electron chi connectivity index (χ2n) is 5.94. The van der Waals surface area contributed by atoms with Gasteiger partial charge < -0.3 is 4.74 Å². The Kier molecular flexibility index (Phi) is 5.76. The van der Waals surface area contributed by atoms with E-state index in [1.807, 2.05) is 0 Å². The molecule has 2 heterocycles. The molecule has 146 valence electrons. The predicted octanol–water partition coefficient (Wildman–Crippen LogP) is 2.02. The van der Waals surface area contributed by atoms with Gasteiger partial charge in [-0.05, 0) is 30.3 Å². The van der Waals surface area contributed by atoms with Crippen LogP contribution in [-0.4, -0.2) is 43.5 Å². The second kappa shape index (κ2) is 8.07. The smallest absolute Gasteiger partial charge is 0.338 e. The van der Waals surface area contributed by atoms with E-state index in [-0.39, 0.29) is 47.5 Å². The van der Waals surface area contributed by atoms with Gasteiger partial charge in [-0.15, -0.1) is 0 Å². The number of ether oxygens (including phenoxy) is 1. The third-order valence-corrected chi connectivity index (χ3v) is 5.81. The van der Waals surface area contributed by atoms with Crippen LogP contribution in [0.15, 0.2) is 47.6 Å². The van der Waals surface area contributed by atoms with E-state index in [1.165, 1.54) is 24.3 Å². The maximum Gasteiger partial charge on any atom is 0.338 e. The summed E-state index contributed by atoms with van der Waals surface area (Å²) in [5, 5.41) is 0.121. The predicted molar refractivity (Wildman–Crippen MR) is 99.8 cm³/mol. The quantitative estimate of drug-likeness (QED) is 0.517. The van der Waals surface area contributed by atoms with Gasteiger partial charge in [0.1, 0.15) is 6.61 Å². The molecule has 3 rings (SSSR count). The molecule has 0 aliphatic carbocycles. The molecule has 0 atom stereocenters. The zero-order valence-electron chi connectivity index (χ0n) is 14.5. The fourth-order valence-electron chi connectivity index (χ4n) is 2.60. The van der Waals surface area contributed by atoms with E-state index in [9.17, 15) is 22.8 Å². The monoisotopic (exact) mass is 422 g/mol. The molecule has 1 aromatic carbocycles. The Morgan fingerprint density at radius 2 is 1.86 bits per heavy atom. The Morgan fingerprint density at radius 3 is 2.46 bits per heavy atom. The van der Waals surface area contributed by atoms with Gasteiger partial charge in [-0.1, -0.05) is 17.7 Å². The number of anilines is 1. The van der Waals surface area contributed by atoms with Crippen LogP contribution in [0.1, 0.15) is 23.2 Å². The van der Waals surface area contributed by atoms with Crippen molar-refractivity contribution in [3.8, 4) is 0 Å². The van der Waals surface area contributed by atoms with Gasteiger partial charge in [0.25, 0.3) is 0 Å². The molecule has 28 heavy (non-hydrogen) atoms. The summed E-state index contributed by atoms with van der Waals surface area (Å²) < 4.78 is 29.7. The van der Waals surface area contributed by atoms with Gasteiger partial charge in [0.2, 0.25) is 11.8 Å². The van der Waals surface area contributed by atoms with Crippen molar-refractivity contribution in [1.29, 1.82) is 0 Å². The third kappa shape index (κ3) is 4.37. The summed E-state index contributed by atoms with van der Waals surface area (Å²) in [6.07, 6.45) is 1.40. The minimum absolute atomic E-state index is 0.122. The number of rotatable bonds is 6. The molecule has 0 spiro atoms. The number of imide groups is 1. The van der Waals surface area contributed by atoms with Crippen molar-refractivity contribution in [2.24, 2.45) is 0 Å². The first-order valence-electron chi connectivity index (χ1n) is 8.25. The molecule has 1 aliphatic rings. The van der Waals surface area contributed by atoms with E-state index < -0.39 is 21.6 Å². The largest absolute Gasteiger partial charge is 0.461 e. The minimum Gasteiger partial charge on any atom is -0.461 e. The van der Waals surface area contributed by atoms with Crippen molar-refractivity contribution in [2.75, 3.05) is 17.3 Å². The van der Waals surface area contributed by atoms with Crippen LogP contribution >= 0.6 is 11.6 Å². The maximum atomic E-state index is 12.3. The minimum atomic E-state index is -3.82. The summed E-state index contributed by atoms with van der Waals surface area (Å²) in [6.45, 7) is -0.361. The van der Waals surface area contributed by atoms with Gasteiger partial charge in [-0.25, -0.2) is 23.1 Å². The summed E-state index contributed by atoms with van der Waals surface area (Å²) >= 11 is 5.80. The average molecular weight is 423 g/mol. The van der Waals surface area contributed by atoms with E-state index in [0.717, 1.165) is 11.1 Å². The normalized spacial score (nSPS) is 14.4.